The topological polar surface area (TPSA) is 24.9 Å². The molecule has 1 aromatic carbocycles. The number of likely N-dealkylation sites (N-methyl/N-ethyl adjacent to an activating group) is 1. The van der Waals surface area contributed by atoms with E-state index in [4.69, 9.17) is 11.6 Å². The molecule has 2 aromatic rings. The second-order valence-corrected chi connectivity index (χ2v) is 5.09. The second-order valence-electron chi connectivity index (χ2n) is 3.68. The van der Waals surface area contributed by atoms with E-state index in [2.05, 4.69) is 10.3 Å². The normalized spacial score (nSPS) is 12.6. The Hall–Kier alpha value is -0.970. The second kappa shape index (κ2) is 5.58. The maximum Gasteiger partial charge on any atom is 0.128 e. The van der Waals surface area contributed by atoms with Gasteiger partial charge in [-0.2, -0.15) is 0 Å². The number of halogens is 2. The Balaban J connectivity index is 2.25. The van der Waals surface area contributed by atoms with Crippen LogP contribution in [0.4, 0.5) is 4.39 Å². The van der Waals surface area contributed by atoms with Gasteiger partial charge in [0.05, 0.1) is 5.51 Å². The molecule has 0 spiro atoms. The van der Waals surface area contributed by atoms with Crippen molar-refractivity contribution in [2.45, 2.75) is 12.5 Å². The van der Waals surface area contributed by atoms with Gasteiger partial charge in [0.25, 0.3) is 0 Å². The van der Waals surface area contributed by atoms with Crippen LogP contribution >= 0.6 is 22.9 Å². The molecule has 0 fully saturated rings. The standard InChI is InChI=1S/C12H12ClFN2S/c1-15-12(5-9-6-16-7-17-9)10-4-8(13)2-3-11(10)14/h2-4,6-7,12,15H,5H2,1H3. The molecule has 0 aliphatic carbocycles. The molecule has 1 N–H and O–H groups in total. The highest BCUT2D eigenvalue weighted by atomic mass is 35.5. The molecule has 1 atom stereocenters. The molecule has 1 heterocycles. The lowest BCUT2D eigenvalue weighted by Gasteiger charge is -2.16. The van der Waals surface area contributed by atoms with Crippen molar-refractivity contribution in [2.75, 3.05) is 7.05 Å². The van der Waals surface area contributed by atoms with Gasteiger partial charge in [-0.1, -0.05) is 11.6 Å². The molecule has 0 saturated heterocycles. The highest BCUT2D eigenvalue weighted by Gasteiger charge is 2.15. The molecular formula is C12H12ClFN2S. The number of nitrogens with zero attached hydrogens (tertiary/aromatic N) is 1. The Labute approximate surface area is 108 Å². The minimum absolute atomic E-state index is 0.0888. The summed E-state index contributed by atoms with van der Waals surface area (Å²) >= 11 is 7.46. The van der Waals surface area contributed by atoms with Crippen LogP contribution in [0.2, 0.25) is 5.02 Å². The molecule has 0 aliphatic rings. The van der Waals surface area contributed by atoms with Crippen molar-refractivity contribution in [3.63, 3.8) is 0 Å². The van der Waals surface area contributed by atoms with Crippen LogP contribution < -0.4 is 5.32 Å². The van der Waals surface area contributed by atoms with Crippen molar-refractivity contribution in [1.82, 2.24) is 10.3 Å². The summed E-state index contributed by atoms with van der Waals surface area (Å²) in [7, 11) is 1.81. The fourth-order valence-corrected chi connectivity index (χ4v) is 2.52. The molecule has 5 heteroatoms. The summed E-state index contributed by atoms with van der Waals surface area (Å²) in [6.45, 7) is 0. The Kier molecular flexibility index (Phi) is 4.10. The van der Waals surface area contributed by atoms with Gasteiger partial charge in [-0.05, 0) is 25.2 Å². The first-order chi connectivity index (χ1) is 8.20. The zero-order valence-corrected chi connectivity index (χ0v) is 10.9. The fraction of sp³-hybridized carbons (Fsp3) is 0.250. The summed E-state index contributed by atoms with van der Waals surface area (Å²) in [6, 6.07) is 4.53. The van der Waals surface area contributed by atoms with E-state index in [1.165, 1.54) is 6.07 Å². The molecule has 17 heavy (non-hydrogen) atoms. The number of thiazole rings is 1. The molecule has 2 rings (SSSR count). The van der Waals surface area contributed by atoms with Gasteiger partial charge in [0.1, 0.15) is 5.82 Å². The molecule has 0 amide bonds. The summed E-state index contributed by atoms with van der Waals surface area (Å²) in [5, 5.41) is 3.65. The minimum atomic E-state index is -0.238. The monoisotopic (exact) mass is 270 g/mol. The van der Waals surface area contributed by atoms with Gasteiger partial charge < -0.3 is 5.32 Å². The van der Waals surface area contributed by atoms with Crippen molar-refractivity contribution >= 4 is 22.9 Å². The fourth-order valence-electron chi connectivity index (χ4n) is 1.69. The Morgan fingerprint density at radius 3 is 3.00 bits per heavy atom. The molecule has 1 unspecified atom stereocenters. The maximum atomic E-state index is 13.7. The molecule has 0 radical (unpaired) electrons. The molecule has 1 aromatic heterocycles. The Morgan fingerprint density at radius 1 is 1.53 bits per heavy atom. The first-order valence-corrected chi connectivity index (χ1v) is 6.46. The number of hydrogen-bond donors (Lipinski definition) is 1. The van der Waals surface area contributed by atoms with Crippen molar-refractivity contribution in [3.05, 3.63) is 51.2 Å². The Morgan fingerprint density at radius 2 is 2.35 bits per heavy atom. The van der Waals surface area contributed by atoms with Gasteiger partial charge in [0.15, 0.2) is 0 Å². The van der Waals surface area contributed by atoms with Gasteiger partial charge in [-0.15, -0.1) is 11.3 Å². The number of aromatic nitrogens is 1. The van der Waals surface area contributed by atoms with Crippen LogP contribution in [0.15, 0.2) is 29.9 Å². The van der Waals surface area contributed by atoms with E-state index >= 15 is 0 Å². The van der Waals surface area contributed by atoms with Crippen LogP contribution in [0.25, 0.3) is 0 Å². The molecule has 90 valence electrons. The highest BCUT2D eigenvalue weighted by Crippen LogP contribution is 2.25. The van der Waals surface area contributed by atoms with E-state index in [1.807, 2.05) is 7.05 Å². The first kappa shape index (κ1) is 12.5. The molecule has 0 bridgehead atoms. The van der Waals surface area contributed by atoms with Crippen molar-refractivity contribution in [1.29, 1.82) is 0 Å². The number of hydrogen-bond acceptors (Lipinski definition) is 3. The van der Waals surface area contributed by atoms with E-state index in [9.17, 15) is 4.39 Å². The number of nitrogens with one attached hydrogen (secondary N) is 1. The van der Waals surface area contributed by atoms with E-state index < -0.39 is 0 Å². The SMILES string of the molecule is CNC(Cc1cncs1)c1cc(Cl)ccc1F. The van der Waals surface area contributed by atoms with Crippen molar-refractivity contribution in [2.24, 2.45) is 0 Å². The van der Waals surface area contributed by atoms with Gasteiger partial charge in [0.2, 0.25) is 0 Å². The van der Waals surface area contributed by atoms with Crippen LogP contribution in [-0.4, -0.2) is 12.0 Å². The lowest BCUT2D eigenvalue weighted by atomic mass is 10.0. The molecule has 0 saturated carbocycles. The summed E-state index contributed by atoms with van der Waals surface area (Å²) in [6.07, 6.45) is 2.51. The van der Waals surface area contributed by atoms with Gasteiger partial charge in [-0.3, -0.25) is 4.98 Å². The summed E-state index contributed by atoms with van der Waals surface area (Å²) in [4.78, 5) is 5.13. The zero-order valence-electron chi connectivity index (χ0n) is 9.28. The average molecular weight is 271 g/mol. The van der Waals surface area contributed by atoms with Crippen molar-refractivity contribution in [3.8, 4) is 0 Å². The molecule has 2 nitrogen and oxygen atoms in total. The lowest BCUT2D eigenvalue weighted by Crippen LogP contribution is -2.19. The third kappa shape index (κ3) is 3.03. The van der Waals surface area contributed by atoms with E-state index in [1.54, 1.807) is 35.2 Å². The largest absolute Gasteiger partial charge is 0.313 e. The first-order valence-electron chi connectivity index (χ1n) is 5.20. The van der Waals surface area contributed by atoms with Crippen LogP contribution in [-0.2, 0) is 6.42 Å². The van der Waals surface area contributed by atoms with Crippen LogP contribution in [0.3, 0.4) is 0 Å². The zero-order chi connectivity index (χ0) is 12.3. The number of benzene rings is 1. The summed E-state index contributed by atoms with van der Waals surface area (Å²) in [5.74, 6) is -0.238. The van der Waals surface area contributed by atoms with E-state index in [-0.39, 0.29) is 11.9 Å². The average Bonchev–Trinajstić information content (AvgIpc) is 2.82. The third-order valence-electron chi connectivity index (χ3n) is 2.57. The van der Waals surface area contributed by atoms with Crippen LogP contribution in [0.5, 0.6) is 0 Å². The summed E-state index contributed by atoms with van der Waals surface area (Å²) in [5.41, 5.74) is 2.37. The Bertz CT molecular complexity index is 487. The van der Waals surface area contributed by atoms with Crippen LogP contribution in [0, 0.1) is 5.82 Å². The lowest BCUT2D eigenvalue weighted by molar-refractivity contribution is 0.536. The predicted octanol–water partition coefficient (Wildman–Crippen LogP) is 3.44. The highest BCUT2D eigenvalue weighted by molar-refractivity contribution is 7.09. The van der Waals surface area contributed by atoms with Gasteiger partial charge in [0, 0.05) is 34.1 Å². The van der Waals surface area contributed by atoms with E-state index in [0.29, 0.717) is 17.0 Å². The summed E-state index contributed by atoms with van der Waals surface area (Å²) < 4.78 is 13.7. The van der Waals surface area contributed by atoms with Crippen LogP contribution in [0.1, 0.15) is 16.5 Å². The molecule has 0 aliphatic heterocycles. The van der Waals surface area contributed by atoms with Crippen molar-refractivity contribution < 1.29 is 4.39 Å². The maximum absolute atomic E-state index is 13.7. The predicted molar refractivity (Wildman–Crippen MR) is 69.0 cm³/mol. The van der Waals surface area contributed by atoms with Gasteiger partial charge >= 0.3 is 0 Å². The molecular weight excluding hydrogens is 259 g/mol. The minimum Gasteiger partial charge on any atom is -0.313 e. The number of rotatable bonds is 4. The smallest absolute Gasteiger partial charge is 0.128 e. The van der Waals surface area contributed by atoms with E-state index in [0.717, 1.165) is 4.88 Å². The quantitative estimate of drug-likeness (QED) is 0.921. The third-order valence-corrected chi connectivity index (χ3v) is 3.61. The van der Waals surface area contributed by atoms with Gasteiger partial charge in [-0.25, -0.2) is 4.39 Å².